The fourth-order valence-electron chi connectivity index (χ4n) is 0.863. The van der Waals surface area contributed by atoms with Crippen LogP contribution in [0.5, 0.6) is 0 Å². The van der Waals surface area contributed by atoms with E-state index < -0.39 is 0 Å². The Kier molecular flexibility index (Phi) is 4.56. The zero-order valence-corrected chi connectivity index (χ0v) is 11.0. The van der Waals surface area contributed by atoms with E-state index in [1.54, 1.807) is 11.8 Å². The van der Waals surface area contributed by atoms with E-state index in [1.807, 2.05) is 0 Å². The summed E-state index contributed by atoms with van der Waals surface area (Å²) in [5.41, 5.74) is 0. The molecular weight excluding hydrogens is 246 g/mol. The van der Waals surface area contributed by atoms with Gasteiger partial charge in [-0.05, 0) is 0 Å². The smallest absolute Gasteiger partial charge is 0.235 e. The Balaban J connectivity index is 2.46. The van der Waals surface area contributed by atoms with Crippen molar-refractivity contribution in [2.24, 2.45) is 0 Å². The molecular formula is C10H14ClN3OS. The number of halogens is 1. The Morgan fingerprint density at radius 2 is 2.19 bits per heavy atom. The monoisotopic (exact) mass is 259 g/mol. The largest absolute Gasteiger partial charge is 0.309 e. The molecule has 0 radical (unpaired) electrons. The molecule has 16 heavy (non-hydrogen) atoms. The van der Waals surface area contributed by atoms with Gasteiger partial charge >= 0.3 is 0 Å². The topological polar surface area (TPSA) is 54.9 Å². The van der Waals surface area contributed by atoms with Crippen LogP contribution >= 0.6 is 23.4 Å². The molecule has 0 aliphatic heterocycles. The molecule has 6 heteroatoms. The van der Waals surface area contributed by atoms with Crippen molar-refractivity contribution >= 4 is 35.1 Å². The molecule has 0 aliphatic rings. The first kappa shape index (κ1) is 13.3. The lowest BCUT2D eigenvalue weighted by atomic mass is 10.3. The number of nitrogens with zero attached hydrogens (tertiary/aromatic N) is 2. The van der Waals surface area contributed by atoms with E-state index in [2.05, 4.69) is 36.1 Å². The second kappa shape index (κ2) is 5.50. The Hall–Kier alpha value is -0.810. The highest BCUT2D eigenvalue weighted by Gasteiger charge is 2.13. The van der Waals surface area contributed by atoms with Crippen molar-refractivity contribution in [1.29, 1.82) is 0 Å². The molecule has 0 aromatic carbocycles. The summed E-state index contributed by atoms with van der Waals surface area (Å²) >= 11 is 7.22. The van der Waals surface area contributed by atoms with Crippen LogP contribution in [-0.4, -0.2) is 26.4 Å². The summed E-state index contributed by atoms with van der Waals surface area (Å²) in [6.07, 6.45) is 2.88. The van der Waals surface area contributed by atoms with Crippen LogP contribution in [0.4, 0.5) is 5.82 Å². The maximum Gasteiger partial charge on any atom is 0.235 e. The van der Waals surface area contributed by atoms with Crippen molar-refractivity contribution in [2.75, 3.05) is 11.1 Å². The number of carbonyl (C=O) groups excluding carboxylic acids is 1. The third kappa shape index (κ3) is 5.32. The van der Waals surface area contributed by atoms with Crippen LogP contribution in [0.3, 0.4) is 0 Å². The predicted octanol–water partition coefficient (Wildman–Crippen LogP) is 2.60. The summed E-state index contributed by atoms with van der Waals surface area (Å²) < 4.78 is 0.0668. The lowest BCUT2D eigenvalue weighted by Gasteiger charge is -2.16. The average Bonchev–Trinajstić information content (AvgIpc) is 2.14. The average molecular weight is 260 g/mol. The minimum Gasteiger partial charge on any atom is -0.309 e. The van der Waals surface area contributed by atoms with Gasteiger partial charge in [0.2, 0.25) is 5.91 Å². The zero-order valence-electron chi connectivity index (χ0n) is 9.45. The highest BCUT2D eigenvalue weighted by molar-refractivity contribution is 8.01. The van der Waals surface area contributed by atoms with Crippen molar-refractivity contribution in [3.05, 3.63) is 17.5 Å². The van der Waals surface area contributed by atoms with E-state index in [4.69, 9.17) is 11.6 Å². The molecule has 0 bridgehead atoms. The summed E-state index contributed by atoms with van der Waals surface area (Å²) in [7, 11) is 0. The Morgan fingerprint density at radius 3 is 2.75 bits per heavy atom. The van der Waals surface area contributed by atoms with E-state index in [9.17, 15) is 4.79 Å². The van der Waals surface area contributed by atoms with Crippen LogP contribution in [-0.2, 0) is 4.79 Å². The molecule has 0 atom stereocenters. The third-order valence-corrected chi connectivity index (χ3v) is 2.96. The van der Waals surface area contributed by atoms with Crippen LogP contribution < -0.4 is 5.32 Å². The predicted molar refractivity (Wildman–Crippen MR) is 67.9 cm³/mol. The Morgan fingerprint density at radius 1 is 1.50 bits per heavy atom. The SMILES string of the molecule is CC(C)(C)SCC(=O)Nc1cncc(Cl)n1. The molecule has 1 N–H and O–H groups in total. The quantitative estimate of drug-likeness (QED) is 0.907. The number of thioether (sulfide) groups is 1. The van der Waals surface area contributed by atoms with Crippen LogP contribution in [0.1, 0.15) is 20.8 Å². The Labute approximate surface area is 104 Å². The van der Waals surface area contributed by atoms with Crippen molar-refractivity contribution in [3.8, 4) is 0 Å². The molecule has 0 saturated heterocycles. The van der Waals surface area contributed by atoms with Gasteiger partial charge in [0.25, 0.3) is 0 Å². The summed E-state index contributed by atoms with van der Waals surface area (Å²) in [6, 6.07) is 0. The number of hydrogen-bond donors (Lipinski definition) is 1. The Bertz CT molecular complexity index is 379. The van der Waals surface area contributed by atoms with Gasteiger partial charge in [0.1, 0.15) is 5.15 Å². The number of anilines is 1. The minimum atomic E-state index is -0.100. The number of rotatable bonds is 3. The first-order valence-electron chi connectivity index (χ1n) is 4.78. The fraction of sp³-hybridized carbons (Fsp3) is 0.500. The van der Waals surface area contributed by atoms with Crippen LogP contribution in [0.25, 0.3) is 0 Å². The van der Waals surface area contributed by atoms with E-state index in [0.717, 1.165) is 0 Å². The normalized spacial score (nSPS) is 11.2. The molecule has 0 spiro atoms. The van der Waals surface area contributed by atoms with Crippen LogP contribution in [0.15, 0.2) is 12.4 Å². The first-order chi connectivity index (χ1) is 7.37. The fourth-order valence-corrected chi connectivity index (χ4v) is 1.65. The lowest BCUT2D eigenvalue weighted by Crippen LogP contribution is -2.19. The van der Waals surface area contributed by atoms with Crippen LogP contribution in [0.2, 0.25) is 5.15 Å². The van der Waals surface area contributed by atoms with Gasteiger partial charge in [-0.1, -0.05) is 32.4 Å². The molecule has 0 saturated carbocycles. The maximum absolute atomic E-state index is 11.5. The van der Waals surface area contributed by atoms with E-state index in [0.29, 0.717) is 11.6 Å². The molecule has 0 aliphatic carbocycles. The molecule has 88 valence electrons. The van der Waals surface area contributed by atoms with Gasteiger partial charge in [-0.15, -0.1) is 11.8 Å². The molecule has 1 aromatic heterocycles. The van der Waals surface area contributed by atoms with Gasteiger partial charge in [0.05, 0.1) is 18.1 Å². The third-order valence-electron chi connectivity index (χ3n) is 1.51. The molecule has 1 heterocycles. The van der Waals surface area contributed by atoms with Gasteiger partial charge < -0.3 is 5.32 Å². The molecule has 4 nitrogen and oxygen atoms in total. The highest BCUT2D eigenvalue weighted by atomic mass is 35.5. The second-order valence-corrected chi connectivity index (χ2v) is 6.37. The number of hydrogen-bond acceptors (Lipinski definition) is 4. The molecule has 0 unspecified atom stereocenters. The van der Waals surface area contributed by atoms with Gasteiger partial charge in [-0.2, -0.15) is 0 Å². The van der Waals surface area contributed by atoms with Gasteiger partial charge in [-0.25, -0.2) is 4.98 Å². The van der Waals surface area contributed by atoms with Gasteiger partial charge in [0, 0.05) is 4.75 Å². The second-order valence-electron chi connectivity index (χ2n) is 4.18. The number of nitrogens with one attached hydrogen (secondary N) is 1. The van der Waals surface area contributed by atoms with Gasteiger partial charge in [0.15, 0.2) is 5.82 Å². The van der Waals surface area contributed by atoms with Gasteiger partial charge in [-0.3, -0.25) is 9.78 Å². The summed E-state index contributed by atoms with van der Waals surface area (Å²) in [5.74, 6) is 0.668. The minimum absolute atomic E-state index is 0.0668. The molecule has 1 amide bonds. The first-order valence-corrected chi connectivity index (χ1v) is 6.14. The zero-order chi connectivity index (χ0) is 12.2. The van der Waals surface area contributed by atoms with E-state index in [1.165, 1.54) is 12.4 Å². The number of amides is 1. The lowest BCUT2D eigenvalue weighted by molar-refractivity contribution is -0.113. The van der Waals surface area contributed by atoms with Crippen molar-refractivity contribution in [3.63, 3.8) is 0 Å². The molecule has 1 rings (SSSR count). The number of aromatic nitrogens is 2. The maximum atomic E-state index is 11.5. The number of carbonyl (C=O) groups is 1. The van der Waals surface area contributed by atoms with E-state index >= 15 is 0 Å². The summed E-state index contributed by atoms with van der Waals surface area (Å²) in [6.45, 7) is 6.18. The summed E-state index contributed by atoms with van der Waals surface area (Å²) in [4.78, 5) is 19.3. The van der Waals surface area contributed by atoms with Crippen molar-refractivity contribution in [1.82, 2.24) is 9.97 Å². The molecule has 0 fully saturated rings. The molecule has 1 aromatic rings. The highest BCUT2D eigenvalue weighted by Crippen LogP contribution is 2.22. The summed E-state index contributed by atoms with van der Waals surface area (Å²) in [5, 5.41) is 2.90. The van der Waals surface area contributed by atoms with Crippen LogP contribution in [0, 0.1) is 0 Å². The van der Waals surface area contributed by atoms with Crippen molar-refractivity contribution < 1.29 is 4.79 Å². The van der Waals surface area contributed by atoms with E-state index in [-0.39, 0.29) is 15.8 Å². The standard InChI is InChI=1S/C10H14ClN3OS/c1-10(2,3)16-6-9(15)14-8-5-12-4-7(11)13-8/h4-5H,6H2,1-3H3,(H,13,14,15). The van der Waals surface area contributed by atoms with Crippen molar-refractivity contribution in [2.45, 2.75) is 25.5 Å².